The summed E-state index contributed by atoms with van der Waals surface area (Å²) < 4.78 is 2.52. The van der Waals surface area contributed by atoms with E-state index in [4.69, 9.17) is 0 Å². The van der Waals surface area contributed by atoms with E-state index in [1.807, 2.05) is 23.1 Å². The number of hydrogen-bond donors (Lipinski definition) is 1. The van der Waals surface area contributed by atoms with Crippen molar-refractivity contribution in [3.8, 4) is 0 Å². The molecule has 0 aliphatic carbocycles. The van der Waals surface area contributed by atoms with Gasteiger partial charge >= 0.3 is 0 Å². The van der Waals surface area contributed by atoms with Gasteiger partial charge in [0, 0.05) is 38.4 Å². The average Bonchev–Trinajstić information content (AvgIpc) is 3.02. The normalized spacial score (nSPS) is 27.2. The van der Waals surface area contributed by atoms with Gasteiger partial charge in [-0.25, -0.2) is 0 Å². The average molecular weight is 317 g/mol. The molecule has 3 fully saturated rings. The third-order valence-corrected chi connectivity index (χ3v) is 6.04. The molecule has 1 amide bonds. The summed E-state index contributed by atoms with van der Waals surface area (Å²) in [4.78, 5) is 27.7. The SMILES string of the molecule is Cn1cc(C(=O)NC23CCN(CC2)CC3)c(=O)c2sccc21. The Morgan fingerprint density at radius 2 is 1.95 bits per heavy atom. The van der Waals surface area contributed by atoms with E-state index in [-0.39, 0.29) is 22.4 Å². The van der Waals surface area contributed by atoms with Crippen LogP contribution in [0.4, 0.5) is 0 Å². The Kier molecular flexibility index (Phi) is 3.13. The van der Waals surface area contributed by atoms with Gasteiger partial charge in [0.15, 0.2) is 0 Å². The second kappa shape index (κ2) is 4.93. The Balaban J connectivity index is 1.68. The van der Waals surface area contributed by atoms with Crippen molar-refractivity contribution in [3.05, 3.63) is 33.4 Å². The van der Waals surface area contributed by atoms with Gasteiger partial charge in [-0.05, 0) is 30.7 Å². The first kappa shape index (κ1) is 14.0. The number of aryl methyl sites for hydroxylation is 1. The number of pyridine rings is 1. The van der Waals surface area contributed by atoms with E-state index in [9.17, 15) is 9.59 Å². The molecular formula is C16H19N3O2S. The molecule has 1 N–H and O–H groups in total. The Morgan fingerprint density at radius 1 is 1.27 bits per heavy atom. The quantitative estimate of drug-likeness (QED) is 0.915. The van der Waals surface area contributed by atoms with Gasteiger partial charge in [0.2, 0.25) is 5.43 Å². The van der Waals surface area contributed by atoms with E-state index in [1.165, 1.54) is 11.3 Å². The zero-order chi connectivity index (χ0) is 15.3. The molecule has 5 heterocycles. The van der Waals surface area contributed by atoms with Crippen LogP contribution in [0, 0.1) is 0 Å². The van der Waals surface area contributed by atoms with Gasteiger partial charge in [0.25, 0.3) is 5.91 Å². The van der Waals surface area contributed by atoms with Crippen LogP contribution in [0.5, 0.6) is 0 Å². The summed E-state index contributed by atoms with van der Waals surface area (Å²) in [7, 11) is 1.88. The van der Waals surface area contributed by atoms with Crippen LogP contribution < -0.4 is 10.7 Å². The minimum Gasteiger partial charge on any atom is -0.349 e. The molecule has 5 rings (SSSR count). The maximum absolute atomic E-state index is 12.7. The van der Waals surface area contributed by atoms with Gasteiger partial charge in [-0.3, -0.25) is 9.59 Å². The van der Waals surface area contributed by atoms with E-state index in [0.717, 1.165) is 44.4 Å². The Labute approximate surface area is 132 Å². The number of aromatic nitrogens is 1. The monoisotopic (exact) mass is 317 g/mol. The van der Waals surface area contributed by atoms with Gasteiger partial charge in [-0.2, -0.15) is 0 Å². The molecule has 5 nitrogen and oxygen atoms in total. The molecule has 2 aromatic heterocycles. The van der Waals surface area contributed by atoms with Crippen LogP contribution in [0.3, 0.4) is 0 Å². The molecule has 0 aromatic carbocycles. The fourth-order valence-electron chi connectivity index (χ4n) is 3.68. The summed E-state index contributed by atoms with van der Waals surface area (Å²) in [6, 6.07) is 1.92. The van der Waals surface area contributed by atoms with Crippen molar-refractivity contribution in [2.75, 3.05) is 19.6 Å². The molecule has 2 aromatic rings. The van der Waals surface area contributed by atoms with Crippen LogP contribution in [-0.2, 0) is 7.05 Å². The number of nitrogens with one attached hydrogen (secondary N) is 1. The second-order valence-corrected chi connectivity index (χ2v) is 7.36. The molecule has 0 radical (unpaired) electrons. The lowest BCUT2D eigenvalue weighted by Crippen LogP contribution is -2.61. The molecule has 2 bridgehead atoms. The van der Waals surface area contributed by atoms with Crippen LogP contribution >= 0.6 is 11.3 Å². The van der Waals surface area contributed by atoms with Crippen molar-refractivity contribution in [1.82, 2.24) is 14.8 Å². The maximum Gasteiger partial charge on any atom is 0.257 e. The summed E-state index contributed by atoms with van der Waals surface area (Å²) in [6.45, 7) is 3.13. The van der Waals surface area contributed by atoms with Crippen LogP contribution in [0.15, 0.2) is 22.4 Å². The number of thiophene rings is 1. The number of carbonyl (C=O) groups is 1. The first-order valence-electron chi connectivity index (χ1n) is 7.70. The number of amides is 1. The highest BCUT2D eigenvalue weighted by atomic mass is 32.1. The molecule has 0 spiro atoms. The van der Waals surface area contributed by atoms with Crippen molar-refractivity contribution < 1.29 is 4.79 Å². The van der Waals surface area contributed by atoms with E-state index in [1.54, 1.807) is 6.20 Å². The standard InChI is InChI=1S/C16H19N3O2S/c1-18-10-11(13(20)14-12(18)2-9-22-14)15(21)17-16-3-6-19(7-4-16)8-5-16/h2,9-10H,3-8H2,1H3,(H,17,21). The zero-order valence-electron chi connectivity index (χ0n) is 12.6. The highest BCUT2D eigenvalue weighted by molar-refractivity contribution is 7.17. The molecule has 22 heavy (non-hydrogen) atoms. The maximum atomic E-state index is 12.7. The fourth-order valence-corrected chi connectivity index (χ4v) is 4.56. The second-order valence-electron chi connectivity index (χ2n) is 6.44. The molecule has 6 heteroatoms. The first-order valence-corrected chi connectivity index (χ1v) is 8.58. The molecule has 0 saturated carbocycles. The molecule has 3 aliphatic rings. The number of piperidine rings is 3. The molecule has 116 valence electrons. The van der Waals surface area contributed by atoms with Gasteiger partial charge in [0.1, 0.15) is 5.56 Å². The Hall–Kier alpha value is -1.66. The largest absolute Gasteiger partial charge is 0.349 e. The van der Waals surface area contributed by atoms with Crippen LogP contribution in [0.25, 0.3) is 10.2 Å². The van der Waals surface area contributed by atoms with Crippen molar-refractivity contribution in [1.29, 1.82) is 0 Å². The third-order valence-electron chi connectivity index (χ3n) is 5.14. The van der Waals surface area contributed by atoms with Gasteiger partial charge in [-0.15, -0.1) is 11.3 Å². The fraction of sp³-hybridized carbons (Fsp3) is 0.500. The minimum absolute atomic E-state index is 0.110. The van der Waals surface area contributed by atoms with Crippen LogP contribution in [0.2, 0.25) is 0 Å². The predicted octanol–water partition coefficient (Wildman–Crippen LogP) is 1.57. The van der Waals surface area contributed by atoms with E-state index in [0.29, 0.717) is 4.70 Å². The number of hydrogen-bond acceptors (Lipinski definition) is 4. The summed E-state index contributed by atoms with van der Waals surface area (Å²) >= 11 is 1.40. The van der Waals surface area contributed by atoms with Crippen molar-refractivity contribution in [2.45, 2.75) is 24.8 Å². The number of rotatable bonds is 2. The summed E-state index contributed by atoms with van der Waals surface area (Å²) in [5.41, 5.74) is 0.891. The molecule has 0 unspecified atom stereocenters. The Morgan fingerprint density at radius 3 is 2.64 bits per heavy atom. The molecule has 3 saturated heterocycles. The number of fused-ring (bicyclic) bond motifs is 4. The van der Waals surface area contributed by atoms with Gasteiger partial charge in [-0.1, -0.05) is 0 Å². The molecule has 0 atom stereocenters. The van der Waals surface area contributed by atoms with Crippen molar-refractivity contribution in [3.63, 3.8) is 0 Å². The highest BCUT2D eigenvalue weighted by Crippen LogP contribution is 2.32. The lowest BCUT2D eigenvalue weighted by Gasteiger charge is -2.48. The topological polar surface area (TPSA) is 54.3 Å². The first-order chi connectivity index (χ1) is 10.6. The highest BCUT2D eigenvalue weighted by Gasteiger charge is 2.40. The molecule has 3 aliphatic heterocycles. The van der Waals surface area contributed by atoms with E-state index < -0.39 is 0 Å². The van der Waals surface area contributed by atoms with Gasteiger partial charge < -0.3 is 14.8 Å². The summed E-state index contributed by atoms with van der Waals surface area (Å²) in [6.07, 6.45) is 4.63. The zero-order valence-corrected chi connectivity index (χ0v) is 13.4. The summed E-state index contributed by atoms with van der Waals surface area (Å²) in [5.74, 6) is -0.216. The smallest absolute Gasteiger partial charge is 0.257 e. The van der Waals surface area contributed by atoms with E-state index >= 15 is 0 Å². The lowest BCUT2D eigenvalue weighted by molar-refractivity contribution is 0.0515. The summed E-state index contributed by atoms with van der Waals surface area (Å²) in [5, 5.41) is 5.08. The van der Waals surface area contributed by atoms with Crippen molar-refractivity contribution >= 4 is 27.5 Å². The number of nitrogens with zero attached hydrogens (tertiary/aromatic N) is 2. The predicted molar refractivity (Wildman–Crippen MR) is 87.6 cm³/mol. The number of carbonyl (C=O) groups excluding carboxylic acids is 1. The lowest BCUT2D eigenvalue weighted by atomic mass is 9.80. The van der Waals surface area contributed by atoms with Crippen molar-refractivity contribution in [2.24, 2.45) is 7.05 Å². The third kappa shape index (κ3) is 2.09. The van der Waals surface area contributed by atoms with Crippen LogP contribution in [-0.4, -0.2) is 40.5 Å². The molecular weight excluding hydrogens is 298 g/mol. The van der Waals surface area contributed by atoms with Crippen LogP contribution in [0.1, 0.15) is 29.6 Å². The van der Waals surface area contributed by atoms with Gasteiger partial charge in [0.05, 0.1) is 10.2 Å². The minimum atomic E-state index is -0.216. The Bertz CT molecular complexity index is 786. The van der Waals surface area contributed by atoms with E-state index in [2.05, 4.69) is 10.2 Å².